The van der Waals surface area contributed by atoms with Gasteiger partial charge in [0.25, 0.3) is 0 Å². The summed E-state index contributed by atoms with van der Waals surface area (Å²) in [5, 5.41) is 3.77. The van der Waals surface area contributed by atoms with E-state index in [1.165, 1.54) is 24.8 Å². The first-order valence-corrected chi connectivity index (χ1v) is 7.57. The van der Waals surface area contributed by atoms with Crippen molar-refractivity contribution in [1.82, 2.24) is 5.32 Å². The van der Waals surface area contributed by atoms with Crippen molar-refractivity contribution in [3.05, 3.63) is 29.3 Å². The predicted octanol–water partition coefficient (Wildman–Crippen LogP) is 3.68. The zero-order valence-corrected chi connectivity index (χ0v) is 13.1. The third-order valence-electron chi connectivity index (χ3n) is 4.43. The van der Waals surface area contributed by atoms with E-state index in [0.29, 0.717) is 18.7 Å². The largest absolute Gasteiger partial charge is 0.496 e. The molecule has 0 amide bonds. The highest BCUT2D eigenvalue weighted by atomic mass is 16.5. The van der Waals surface area contributed by atoms with Gasteiger partial charge in [0.1, 0.15) is 5.75 Å². The molecule has 1 aliphatic carbocycles. The summed E-state index contributed by atoms with van der Waals surface area (Å²) in [6, 6.07) is 7.40. The second-order valence-electron chi connectivity index (χ2n) is 5.91. The lowest BCUT2D eigenvalue weighted by Gasteiger charge is -2.24. The van der Waals surface area contributed by atoms with Crippen LogP contribution in [0.2, 0.25) is 0 Å². The van der Waals surface area contributed by atoms with Crippen LogP contribution in [0.4, 0.5) is 0 Å². The first kappa shape index (κ1) is 15.3. The van der Waals surface area contributed by atoms with Gasteiger partial charge in [-0.3, -0.25) is 0 Å². The number of ether oxygens (including phenoxy) is 2. The minimum atomic E-state index is 0.363. The first-order chi connectivity index (χ1) is 9.65. The number of nitrogens with one attached hydrogen (secondary N) is 1. The van der Waals surface area contributed by atoms with Gasteiger partial charge in [-0.1, -0.05) is 19.4 Å². The average Bonchev–Trinajstić information content (AvgIpc) is 2.84. The number of hydrogen-bond acceptors (Lipinski definition) is 3. The van der Waals surface area contributed by atoms with Gasteiger partial charge in [-0.05, 0) is 43.4 Å². The van der Waals surface area contributed by atoms with Crippen LogP contribution in [0.5, 0.6) is 5.75 Å². The van der Waals surface area contributed by atoms with Crippen molar-refractivity contribution < 1.29 is 9.47 Å². The Labute approximate surface area is 122 Å². The second kappa shape index (κ2) is 7.09. The lowest BCUT2D eigenvalue weighted by Crippen LogP contribution is -2.33. The van der Waals surface area contributed by atoms with Crippen molar-refractivity contribution in [2.24, 2.45) is 5.92 Å². The van der Waals surface area contributed by atoms with Crippen LogP contribution in [-0.4, -0.2) is 20.3 Å². The molecule has 1 aromatic rings. The molecular weight excluding hydrogens is 250 g/mol. The maximum absolute atomic E-state index is 5.38. The summed E-state index contributed by atoms with van der Waals surface area (Å²) in [6.07, 6.45) is 4.00. The molecule has 112 valence electrons. The molecule has 3 atom stereocenters. The SMILES string of the molecule is COCc1cc(C(C)NC2CCCC2C)ccc1OC. The summed E-state index contributed by atoms with van der Waals surface area (Å²) in [5.41, 5.74) is 2.41. The van der Waals surface area contributed by atoms with Gasteiger partial charge in [-0.15, -0.1) is 0 Å². The van der Waals surface area contributed by atoms with Crippen molar-refractivity contribution in [2.45, 2.75) is 51.8 Å². The molecule has 1 saturated carbocycles. The van der Waals surface area contributed by atoms with E-state index in [1.54, 1.807) is 14.2 Å². The van der Waals surface area contributed by atoms with E-state index in [-0.39, 0.29) is 0 Å². The molecule has 0 bridgehead atoms. The van der Waals surface area contributed by atoms with Gasteiger partial charge in [0, 0.05) is 24.8 Å². The Kier molecular flexibility index (Phi) is 5.44. The van der Waals surface area contributed by atoms with Crippen molar-refractivity contribution >= 4 is 0 Å². The Balaban J connectivity index is 2.08. The van der Waals surface area contributed by atoms with Crippen molar-refractivity contribution in [3.8, 4) is 5.75 Å². The Hall–Kier alpha value is -1.06. The van der Waals surface area contributed by atoms with Crippen LogP contribution in [0, 0.1) is 5.92 Å². The second-order valence-corrected chi connectivity index (χ2v) is 5.91. The number of rotatable bonds is 6. The van der Waals surface area contributed by atoms with E-state index in [4.69, 9.17) is 9.47 Å². The van der Waals surface area contributed by atoms with E-state index in [1.807, 2.05) is 6.07 Å². The van der Waals surface area contributed by atoms with Crippen molar-refractivity contribution in [2.75, 3.05) is 14.2 Å². The Morgan fingerprint density at radius 1 is 1.30 bits per heavy atom. The molecule has 0 aliphatic heterocycles. The van der Waals surface area contributed by atoms with Crippen LogP contribution in [0.15, 0.2) is 18.2 Å². The Morgan fingerprint density at radius 3 is 2.70 bits per heavy atom. The summed E-state index contributed by atoms with van der Waals surface area (Å²) in [6.45, 7) is 5.18. The summed E-state index contributed by atoms with van der Waals surface area (Å²) in [5.74, 6) is 1.69. The molecule has 2 rings (SSSR count). The summed E-state index contributed by atoms with van der Waals surface area (Å²) >= 11 is 0. The van der Waals surface area contributed by atoms with Gasteiger partial charge in [-0.2, -0.15) is 0 Å². The lowest BCUT2D eigenvalue weighted by atomic mass is 10.0. The fourth-order valence-electron chi connectivity index (χ4n) is 3.15. The maximum atomic E-state index is 5.38. The predicted molar refractivity (Wildman–Crippen MR) is 82.1 cm³/mol. The zero-order valence-electron chi connectivity index (χ0n) is 13.1. The molecule has 3 nitrogen and oxygen atoms in total. The van der Waals surface area contributed by atoms with Gasteiger partial charge >= 0.3 is 0 Å². The number of methoxy groups -OCH3 is 2. The van der Waals surface area contributed by atoms with E-state index in [2.05, 4.69) is 31.3 Å². The van der Waals surface area contributed by atoms with Crippen LogP contribution < -0.4 is 10.1 Å². The fraction of sp³-hybridized carbons (Fsp3) is 0.647. The molecule has 3 heteroatoms. The Bertz CT molecular complexity index is 433. The minimum Gasteiger partial charge on any atom is -0.496 e. The molecule has 0 radical (unpaired) electrons. The van der Waals surface area contributed by atoms with Gasteiger partial charge in [-0.25, -0.2) is 0 Å². The van der Waals surface area contributed by atoms with Crippen LogP contribution in [0.1, 0.15) is 50.3 Å². The first-order valence-electron chi connectivity index (χ1n) is 7.57. The molecule has 0 spiro atoms. The smallest absolute Gasteiger partial charge is 0.124 e. The Morgan fingerprint density at radius 2 is 2.10 bits per heavy atom. The summed E-state index contributed by atoms with van der Waals surface area (Å²) < 4.78 is 10.6. The zero-order chi connectivity index (χ0) is 14.5. The number of benzene rings is 1. The standard InChI is InChI=1S/C17H27NO2/c1-12-6-5-7-16(12)18-13(2)14-8-9-17(20-4)15(10-14)11-19-3/h8-10,12-13,16,18H,5-7,11H2,1-4H3. The van der Waals surface area contributed by atoms with Crippen molar-refractivity contribution in [3.63, 3.8) is 0 Å². The van der Waals surface area contributed by atoms with E-state index in [0.717, 1.165) is 17.2 Å². The summed E-state index contributed by atoms with van der Waals surface area (Å²) in [7, 11) is 3.42. The molecule has 1 aliphatic rings. The van der Waals surface area contributed by atoms with Crippen LogP contribution in [-0.2, 0) is 11.3 Å². The molecule has 0 aromatic heterocycles. The third kappa shape index (κ3) is 3.53. The normalized spacial score (nSPS) is 23.8. The highest BCUT2D eigenvalue weighted by Crippen LogP contribution is 2.29. The monoisotopic (exact) mass is 277 g/mol. The summed E-state index contributed by atoms with van der Waals surface area (Å²) in [4.78, 5) is 0. The van der Waals surface area contributed by atoms with Gasteiger partial charge < -0.3 is 14.8 Å². The maximum Gasteiger partial charge on any atom is 0.124 e. The van der Waals surface area contributed by atoms with E-state index in [9.17, 15) is 0 Å². The molecule has 1 N–H and O–H groups in total. The van der Waals surface area contributed by atoms with Crippen LogP contribution in [0.25, 0.3) is 0 Å². The molecule has 1 aromatic carbocycles. The fourth-order valence-corrected chi connectivity index (χ4v) is 3.15. The van der Waals surface area contributed by atoms with Gasteiger partial charge in [0.15, 0.2) is 0 Å². The highest BCUT2D eigenvalue weighted by molar-refractivity contribution is 5.38. The molecule has 1 fully saturated rings. The average molecular weight is 277 g/mol. The number of hydrogen-bond donors (Lipinski definition) is 1. The van der Waals surface area contributed by atoms with Crippen molar-refractivity contribution in [1.29, 1.82) is 0 Å². The van der Waals surface area contributed by atoms with Gasteiger partial charge in [0.2, 0.25) is 0 Å². The van der Waals surface area contributed by atoms with Crippen LogP contribution in [0.3, 0.4) is 0 Å². The third-order valence-corrected chi connectivity index (χ3v) is 4.43. The molecule has 3 unspecified atom stereocenters. The quantitative estimate of drug-likeness (QED) is 0.860. The topological polar surface area (TPSA) is 30.5 Å². The van der Waals surface area contributed by atoms with Gasteiger partial charge in [0.05, 0.1) is 13.7 Å². The lowest BCUT2D eigenvalue weighted by molar-refractivity contribution is 0.181. The van der Waals surface area contributed by atoms with E-state index >= 15 is 0 Å². The molecule has 20 heavy (non-hydrogen) atoms. The molecule has 0 heterocycles. The molecule has 0 saturated heterocycles. The molecular formula is C17H27NO2. The van der Waals surface area contributed by atoms with Crippen LogP contribution >= 0.6 is 0 Å². The van der Waals surface area contributed by atoms with E-state index < -0.39 is 0 Å². The highest BCUT2D eigenvalue weighted by Gasteiger charge is 2.24. The minimum absolute atomic E-state index is 0.363.